The average molecular weight is 844 g/mol. The normalized spacial score (nSPS) is 13.4. The maximum absolute atomic E-state index is 12.7. The van der Waals surface area contributed by atoms with Crippen molar-refractivity contribution in [1.29, 1.82) is 0 Å². The minimum Gasteiger partial charge on any atom is -0.545 e. The Morgan fingerprint density at radius 3 is 1.42 bits per heavy atom. The van der Waals surface area contributed by atoms with Crippen LogP contribution < -0.4 is 5.11 Å². The molecule has 346 valence electrons. The van der Waals surface area contributed by atoms with Gasteiger partial charge in [-0.1, -0.05) is 177 Å². The van der Waals surface area contributed by atoms with Crippen LogP contribution in [-0.2, 0) is 33.3 Å². The van der Waals surface area contributed by atoms with E-state index >= 15 is 0 Å². The number of allylic oxidation sites excluding steroid dienone is 10. The summed E-state index contributed by atoms with van der Waals surface area (Å²) in [7, 11) is 5.90. The Balaban J connectivity index is 4.21. The third-order valence-electron chi connectivity index (χ3n) is 10.0. The first-order chi connectivity index (χ1) is 29.1. The molecule has 9 nitrogen and oxygen atoms in total. The number of carbonyl (C=O) groups is 3. The molecule has 0 N–H and O–H groups in total. The summed E-state index contributed by atoms with van der Waals surface area (Å²) >= 11 is 0. The van der Waals surface area contributed by atoms with Crippen molar-refractivity contribution in [2.45, 2.75) is 200 Å². The Bertz CT molecular complexity index is 1170. The Morgan fingerprint density at radius 2 is 0.950 bits per heavy atom. The van der Waals surface area contributed by atoms with Crippen molar-refractivity contribution in [1.82, 2.24) is 0 Å². The van der Waals surface area contributed by atoms with Gasteiger partial charge >= 0.3 is 11.9 Å². The van der Waals surface area contributed by atoms with Gasteiger partial charge in [0.2, 0.25) is 0 Å². The second-order valence-electron chi connectivity index (χ2n) is 17.0. The van der Waals surface area contributed by atoms with E-state index in [9.17, 15) is 19.5 Å². The van der Waals surface area contributed by atoms with Crippen molar-refractivity contribution in [3.63, 3.8) is 0 Å². The van der Waals surface area contributed by atoms with Gasteiger partial charge in [-0.3, -0.25) is 9.59 Å². The van der Waals surface area contributed by atoms with Crippen molar-refractivity contribution >= 4 is 17.9 Å². The number of carboxylic acid groups (broad SMARTS) is 1. The molecule has 0 rings (SSSR count). The molecular weight excluding hydrogens is 755 g/mol. The van der Waals surface area contributed by atoms with Crippen LogP contribution in [0.5, 0.6) is 0 Å². The molecule has 0 saturated carbocycles. The van der Waals surface area contributed by atoms with Gasteiger partial charge in [-0.15, -0.1) is 0 Å². The summed E-state index contributed by atoms with van der Waals surface area (Å²) in [4.78, 5) is 36.9. The maximum atomic E-state index is 12.7. The van der Waals surface area contributed by atoms with Crippen LogP contribution in [0.3, 0.4) is 0 Å². The molecule has 9 heteroatoms. The minimum atomic E-state index is -1.62. The highest BCUT2D eigenvalue weighted by molar-refractivity contribution is 5.70. The van der Waals surface area contributed by atoms with Gasteiger partial charge in [0.25, 0.3) is 0 Å². The number of quaternary nitrogens is 1. The Labute approximate surface area is 367 Å². The molecule has 0 amide bonds. The molecule has 0 aromatic carbocycles. The molecule has 0 heterocycles. The van der Waals surface area contributed by atoms with Crippen molar-refractivity contribution in [2.24, 2.45) is 0 Å². The van der Waals surface area contributed by atoms with Crippen molar-refractivity contribution in [3.8, 4) is 0 Å². The summed E-state index contributed by atoms with van der Waals surface area (Å²) in [5, 5.41) is 11.7. The number of carbonyl (C=O) groups excluding carboxylic acids is 3. The number of hydrogen-bond acceptors (Lipinski definition) is 8. The topological polar surface area (TPSA) is 111 Å². The fraction of sp³-hybridized carbons (Fsp3) is 0.745. The van der Waals surface area contributed by atoms with Gasteiger partial charge < -0.3 is 33.3 Å². The van der Waals surface area contributed by atoms with Crippen LogP contribution >= 0.6 is 0 Å². The molecule has 0 aromatic rings. The van der Waals surface area contributed by atoms with Crippen molar-refractivity contribution in [3.05, 3.63) is 60.8 Å². The van der Waals surface area contributed by atoms with E-state index in [1.54, 1.807) is 0 Å². The third-order valence-corrected chi connectivity index (χ3v) is 10.0. The van der Waals surface area contributed by atoms with Crippen molar-refractivity contribution in [2.75, 3.05) is 47.5 Å². The number of likely N-dealkylation sites (N-methyl/N-ethyl adjacent to an activating group) is 1. The highest BCUT2D eigenvalue weighted by Gasteiger charge is 2.21. The van der Waals surface area contributed by atoms with Crippen LogP contribution in [0, 0.1) is 0 Å². The molecule has 0 aromatic heterocycles. The predicted molar refractivity (Wildman–Crippen MR) is 246 cm³/mol. The highest BCUT2D eigenvalue weighted by atomic mass is 16.7. The molecule has 2 unspecified atom stereocenters. The minimum absolute atomic E-state index is 0.146. The monoisotopic (exact) mass is 844 g/mol. The molecule has 0 spiro atoms. The van der Waals surface area contributed by atoms with Gasteiger partial charge in [-0.05, 0) is 57.8 Å². The van der Waals surface area contributed by atoms with Gasteiger partial charge in [0.1, 0.15) is 13.2 Å². The molecule has 0 aliphatic heterocycles. The van der Waals surface area contributed by atoms with Gasteiger partial charge in [-0.2, -0.15) is 0 Å². The molecule has 0 saturated heterocycles. The zero-order chi connectivity index (χ0) is 44.2. The molecule has 60 heavy (non-hydrogen) atoms. The van der Waals surface area contributed by atoms with Crippen LogP contribution in [0.15, 0.2) is 60.8 Å². The van der Waals surface area contributed by atoms with E-state index in [0.29, 0.717) is 23.9 Å². The highest BCUT2D eigenvalue weighted by Crippen LogP contribution is 2.14. The smallest absolute Gasteiger partial charge is 0.306 e. The molecule has 0 bridgehead atoms. The summed E-state index contributed by atoms with van der Waals surface area (Å²) in [5.74, 6) is -2.30. The average Bonchev–Trinajstić information content (AvgIpc) is 3.21. The molecule has 0 aliphatic rings. The quantitative estimate of drug-likeness (QED) is 0.0196. The zero-order valence-corrected chi connectivity index (χ0v) is 39.1. The van der Waals surface area contributed by atoms with E-state index in [0.717, 1.165) is 77.0 Å². The summed E-state index contributed by atoms with van der Waals surface area (Å²) in [6.07, 6.45) is 48.4. The second-order valence-corrected chi connectivity index (χ2v) is 17.0. The largest absolute Gasteiger partial charge is 0.545 e. The van der Waals surface area contributed by atoms with Gasteiger partial charge in [0.05, 0.1) is 40.3 Å². The van der Waals surface area contributed by atoms with Gasteiger partial charge in [0.15, 0.2) is 12.4 Å². The van der Waals surface area contributed by atoms with Crippen LogP contribution in [-0.4, -0.2) is 82.3 Å². The lowest BCUT2D eigenvalue weighted by atomic mass is 10.0. The number of carboxylic acids is 1. The van der Waals surface area contributed by atoms with E-state index in [-0.39, 0.29) is 32.2 Å². The van der Waals surface area contributed by atoms with Crippen LogP contribution in [0.2, 0.25) is 0 Å². The standard InChI is InChI=1S/C51H89NO8/c1-6-8-10-12-14-16-17-18-19-20-21-22-23-24-25-26-27-28-29-30-31-32-33-34-36-38-40-42-49(54)60-47(46-59-51(50(55)56)57-44-43-52(3,4)5)45-58-48(53)41-39-37-35-15-13-11-9-7-2/h8,10,14,16,18-19,21-22,24-25,47,51H,6-7,9,11-13,15,17,20,23,26-46H2,1-5H3/b10-8-,16-14-,19-18-,22-21-,25-24-. The second kappa shape index (κ2) is 42.7. The zero-order valence-electron chi connectivity index (χ0n) is 39.1. The van der Waals surface area contributed by atoms with E-state index in [1.165, 1.54) is 77.0 Å². The first kappa shape index (κ1) is 57.0. The molecular formula is C51H89NO8. The molecule has 0 aliphatic carbocycles. The first-order valence-electron chi connectivity index (χ1n) is 23.9. The third kappa shape index (κ3) is 43.1. The SMILES string of the molecule is CC/C=C\C/C=C\C/C=C\C/C=C\C/C=C\CCCCCCCCCCCCCC(=O)OC(COC(=O)CCCCCCCCCC)COC(OCC[N+](C)(C)C)C(=O)[O-]. The number of rotatable bonds is 43. The maximum Gasteiger partial charge on any atom is 0.306 e. The van der Waals surface area contributed by atoms with E-state index < -0.39 is 24.3 Å². The molecule has 0 fully saturated rings. The lowest BCUT2D eigenvalue weighted by Crippen LogP contribution is -2.44. The number of unbranched alkanes of at least 4 members (excludes halogenated alkanes) is 18. The Morgan fingerprint density at radius 1 is 0.517 bits per heavy atom. The number of nitrogens with zero attached hydrogens (tertiary/aromatic N) is 1. The number of ether oxygens (including phenoxy) is 4. The molecule has 2 atom stereocenters. The lowest BCUT2D eigenvalue weighted by molar-refractivity contribution is -0.870. The number of esters is 2. The van der Waals surface area contributed by atoms with Gasteiger partial charge in [0, 0.05) is 12.8 Å². The van der Waals surface area contributed by atoms with E-state index in [2.05, 4.69) is 74.6 Å². The number of hydrogen-bond donors (Lipinski definition) is 0. The summed E-state index contributed by atoms with van der Waals surface area (Å²) in [5.41, 5.74) is 0. The fourth-order valence-electron chi connectivity index (χ4n) is 6.33. The van der Waals surface area contributed by atoms with Crippen LogP contribution in [0.1, 0.15) is 187 Å². The predicted octanol–water partition coefficient (Wildman–Crippen LogP) is 11.6. The van der Waals surface area contributed by atoms with E-state index in [1.807, 2.05) is 21.1 Å². The van der Waals surface area contributed by atoms with Crippen LogP contribution in [0.25, 0.3) is 0 Å². The van der Waals surface area contributed by atoms with Gasteiger partial charge in [-0.25, -0.2) is 0 Å². The fourth-order valence-corrected chi connectivity index (χ4v) is 6.33. The van der Waals surface area contributed by atoms with Crippen LogP contribution in [0.4, 0.5) is 0 Å². The summed E-state index contributed by atoms with van der Waals surface area (Å²) in [6.45, 7) is 4.58. The molecule has 0 radical (unpaired) electrons. The van der Waals surface area contributed by atoms with Crippen molar-refractivity contribution < 1.29 is 42.9 Å². The number of aliphatic carboxylic acids is 1. The first-order valence-corrected chi connectivity index (χ1v) is 23.9. The summed E-state index contributed by atoms with van der Waals surface area (Å²) in [6, 6.07) is 0. The van der Waals surface area contributed by atoms with E-state index in [4.69, 9.17) is 18.9 Å². The summed E-state index contributed by atoms with van der Waals surface area (Å²) < 4.78 is 22.5. The lowest BCUT2D eigenvalue weighted by Gasteiger charge is -2.26. The Hall–Kier alpha value is -3.01. The Kier molecular flexibility index (Phi) is 40.5.